The Labute approximate surface area is 143 Å². The Hall–Kier alpha value is -2.13. The monoisotopic (exact) mass is 322 g/mol. The van der Waals surface area contributed by atoms with Crippen molar-refractivity contribution < 1.29 is 14.0 Å². The minimum atomic E-state index is -0.276. The number of esters is 1. The number of fused-ring (bicyclic) bond motifs is 3. The minimum Gasteiger partial charge on any atom is -0.461 e. The van der Waals surface area contributed by atoms with Crippen LogP contribution < -0.4 is 0 Å². The number of ether oxygens (including phenoxy) is 1. The molecule has 0 aromatic heterocycles. The highest BCUT2D eigenvalue weighted by Crippen LogP contribution is 2.45. The molecule has 1 aliphatic carbocycles. The van der Waals surface area contributed by atoms with Crippen molar-refractivity contribution in [3.8, 4) is 11.1 Å². The molecule has 2 aromatic rings. The van der Waals surface area contributed by atoms with Crippen LogP contribution in [0.3, 0.4) is 0 Å². The van der Waals surface area contributed by atoms with Crippen molar-refractivity contribution in [2.45, 2.75) is 24.9 Å². The van der Waals surface area contributed by atoms with E-state index in [1.54, 1.807) is 0 Å². The molecule has 0 amide bonds. The van der Waals surface area contributed by atoms with Gasteiger partial charge in [-0.3, -0.25) is 4.79 Å². The lowest BCUT2D eigenvalue weighted by atomic mass is 9.97. The maximum Gasteiger partial charge on any atom is 0.318 e. The van der Waals surface area contributed by atoms with Crippen molar-refractivity contribution in [3.63, 3.8) is 0 Å². The van der Waals surface area contributed by atoms with Crippen molar-refractivity contribution in [1.82, 2.24) is 0 Å². The van der Waals surface area contributed by atoms with Gasteiger partial charge in [0.05, 0.1) is 27.2 Å². The molecule has 0 saturated carbocycles. The Kier molecular flexibility index (Phi) is 3.69. The average Bonchev–Trinajstić information content (AvgIpc) is 2.91. The van der Waals surface area contributed by atoms with Crippen molar-refractivity contribution >= 4 is 5.97 Å². The summed E-state index contributed by atoms with van der Waals surface area (Å²) < 4.78 is 6.95. The standard InChI is InChI=1S/C21H24NO2/c1-22(2)13-11-15(12-14-22)24-21(23)20-18-9-5-3-7-16(18)17-8-4-6-10-19(17)20/h3-10,15,20H,11-14H2,1-2H3/q+1. The summed E-state index contributed by atoms with van der Waals surface area (Å²) in [5.74, 6) is -0.369. The summed E-state index contributed by atoms with van der Waals surface area (Å²) in [6.45, 7) is 2.13. The number of likely N-dealkylation sites (tertiary alicyclic amines) is 1. The number of piperidine rings is 1. The molecule has 0 spiro atoms. The van der Waals surface area contributed by atoms with Crippen LogP contribution in [0.2, 0.25) is 0 Å². The fraction of sp³-hybridized carbons (Fsp3) is 0.381. The molecule has 0 unspecified atom stereocenters. The second kappa shape index (κ2) is 5.75. The molecule has 24 heavy (non-hydrogen) atoms. The van der Waals surface area contributed by atoms with Gasteiger partial charge in [0.1, 0.15) is 12.0 Å². The van der Waals surface area contributed by atoms with Gasteiger partial charge < -0.3 is 9.22 Å². The van der Waals surface area contributed by atoms with Gasteiger partial charge in [-0.25, -0.2) is 0 Å². The summed E-state index contributed by atoms with van der Waals surface area (Å²) in [7, 11) is 4.48. The van der Waals surface area contributed by atoms with E-state index in [0.717, 1.165) is 52.7 Å². The van der Waals surface area contributed by atoms with Crippen molar-refractivity contribution in [1.29, 1.82) is 0 Å². The first kappa shape index (κ1) is 15.4. The molecule has 0 radical (unpaired) electrons. The predicted octanol–water partition coefficient (Wildman–Crippen LogP) is 3.58. The lowest BCUT2D eigenvalue weighted by Crippen LogP contribution is -2.48. The zero-order chi connectivity index (χ0) is 16.7. The number of benzene rings is 2. The van der Waals surface area contributed by atoms with Gasteiger partial charge in [-0.05, 0) is 22.3 Å². The molecular formula is C21H24NO2+. The van der Waals surface area contributed by atoms with Gasteiger partial charge in [0.15, 0.2) is 0 Å². The lowest BCUT2D eigenvalue weighted by molar-refractivity contribution is -0.896. The minimum absolute atomic E-state index is 0.0589. The molecule has 2 aliphatic rings. The van der Waals surface area contributed by atoms with E-state index in [9.17, 15) is 4.79 Å². The molecule has 1 saturated heterocycles. The molecule has 2 aromatic carbocycles. The van der Waals surface area contributed by atoms with Crippen LogP contribution >= 0.6 is 0 Å². The van der Waals surface area contributed by atoms with Crippen molar-refractivity contribution in [2.75, 3.05) is 27.2 Å². The molecule has 4 rings (SSSR count). The summed E-state index contributed by atoms with van der Waals surface area (Å²) in [6, 6.07) is 16.4. The van der Waals surface area contributed by atoms with Gasteiger partial charge in [0.2, 0.25) is 0 Å². The molecule has 1 heterocycles. The predicted molar refractivity (Wildman–Crippen MR) is 94.7 cm³/mol. The van der Waals surface area contributed by atoms with Gasteiger partial charge in [-0.2, -0.15) is 0 Å². The van der Waals surface area contributed by atoms with Crippen molar-refractivity contribution in [3.05, 3.63) is 59.7 Å². The van der Waals surface area contributed by atoms with E-state index >= 15 is 0 Å². The molecule has 1 fully saturated rings. The molecule has 124 valence electrons. The normalized spacial score (nSPS) is 19.6. The van der Waals surface area contributed by atoms with E-state index in [0.29, 0.717) is 0 Å². The zero-order valence-corrected chi connectivity index (χ0v) is 14.4. The fourth-order valence-electron chi connectivity index (χ4n) is 4.00. The first-order chi connectivity index (χ1) is 11.6. The number of nitrogens with zero attached hydrogens (tertiary/aromatic N) is 1. The van der Waals surface area contributed by atoms with E-state index in [-0.39, 0.29) is 18.0 Å². The highest BCUT2D eigenvalue weighted by molar-refractivity contribution is 5.93. The summed E-state index contributed by atoms with van der Waals surface area (Å²) in [5, 5.41) is 0. The molecule has 0 N–H and O–H groups in total. The number of carbonyl (C=O) groups excluding carboxylic acids is 1. The Morgan fingerprint density at radius 1 is 0.917 bits per heavy atom. The number of hydrogen-bond donors (Lipinski definition) is 0. The van der Waals surface area contributed by atoms with Crippen LogP contribution in [0.4, 0.5) is 0 Å². The largest absolute Gasteiger partial charge is 0.461 e. The second-order valence-electron chi connectivity index (χ2n) is 7.63. The summed E-state index contributed by atoms with van der Waals surface area (Å²) in [4.78, 5) is 13.0. The molecule has 1 aliphatic heterocycles. The van der Waals surface area contributed by atoms with Gasteiger partial charge in [0, 0.05) is 12.8 Å². The second-order valence-corrected chi connectivity index (χ2v) is 7.63. The number of hydrogen-bond acceptors (Lipinski definition) is 2. The lowest BCUT2D eigenvalue weighted by Gasteiger charge is -2.37. The molecule has 3 heteroatoms. The van der Waals surface area contributed by atoms with Crippen LogP contribution in [0.15, 0.2) is 48.5 Å². The first-order valence-electron chi connectivity index (χ1n) is 8.76. The molecule has 0 bridgehead atoms. The SMILES string of the molecule is C[N+]1(C)CCC(OC(=O)C2c3ccccc3-c3ccccc32)CC1. The van der Waals surface area contributed by atoms with Crippen LogP contribution in [-0.2, 0) is 9.53 Å². The van der Waals surface area contributed by atoms with Gasteiger partial charge in [-0.15, -0.1) is 0 Å². The van der Waals surface area contributed by atoms with Crippen LogP contribution in [0, 0.1) is 0 Å². The van der Waals surface area contributed by atoms with Gasteiger partial charge >= 0.3 is 5.97 Å². The molecular weight excluding hydrogens is 298 g/mol. The van der Waals surface area contributed by atoms with E-state index in [2.05, 4.69) is 38.4 Å². The summed E-state index contributed by atoms with van der Waals surface area (Å²) >= 11 is 0. The van der Waals surface area contributed by atoms with Crippen LogP contribution in [0.1, 0.15) is 29.9 Å². The van der Waals surface area contributed by atoms with Crippen LogP contribution in [0.5, 0.6) is 0 Å². The van der Waals surface area contributed by atoms with Crippen molar-refractivity contribution in [2.24, 2.45) is 0 Å². The Morgan fingerprint density at radius 2 is 1.42 bits per heavy atom. The van der Waals surface area contributed by atoms with E-state index in [1.807, 2.05) is 24.3 Å². The average molecular weight is 322 g/mol. The van der Waals surface area contributed by atoms with E-state index in [4.69, 9.17) is 4.74 Å². The highest BCUT2D eigenvalue weighted by atomic mass is 16.5. The van der Waals surface area contributed by atoms with Crippen LogP contribution in [-0.4, -0.2) is 43.7 Å². The summed E-state index contributed by atoms with van der Waals surface area (Å²) in [6.07, 6.45) is 1.97. The Morgan fingerprint density at radius 3 is 1.96 bits per heavy atom. The Balaban J connectivity index is 1.59. The first-order valence-corrected chi connectivity index (χ1v) is 8.76. The van der Waals surface area contributed by atoms with E-state index in [1.165, 1.54) is 0 Å². The fourth-order valence-corrected chi connectivity index (χ4v) is 4.00. The summed E-state index contributed by atoms with van der Waals surface area (Å²) in [5.41, 5.74) is 4.49. The van der Waals surface area contributed by atoms with Gasteiger partial charge in [0.25, 0.3) is 0 Å². The maximum absolute atomic E-state index is 13.0. The third-order valence-electron chi connectivity index (χ3n) is 5.47. The highest BCUT2D eigenvalue weighted by Gasteiger charge is 2.37. The number of rotatable bonds is 2. The van der Waals surface area contributed by atoms with E-state index < -0.39 is 0 Å². The van der Waals surface area contributed by atoms with Gasteiger partial charge in [-0.1, -0.05) is 48.5 Å². The molecule has 0 atom stereocenters. The third-order valence-corrected chi connectivity index (χ3v) is 5.47. The quantitative estimate of drug-likeness (QED) is 0.624. The molecule has 3 nitrogen and oxygen atoms in total. The smallest absolute Gasteiger partial charge is 0.318 e. The third kappa shape index (κ3) is 2.63. The Bertz CT molecular complexity index is 725. The number of carbonyl (C=O) groups is 1. The maximum atomic E-state index is 13.0. The zero-order valence-electron chi connectivity index (χ0n) is 14.4. The van der Waals surface area contributed by atoms with Crippen LogP contribution in [0.25, 0.3) is 11.1 Å². The topological polar surface area (TPSA) is 26.3 Å². The number of quaternary nitrogens is 1.